The average molecular weight is 354 g/mol. The van der Waals surface area contributed by atoms with Crippen LogP contribution in [0.15, 0.2) is 54.2 Å². The summed E-state index contributed by atoms with van der Waals surface area (Å²) in [7, 11) is 3.12. The average Bonchev–Trinajstić information content (AvgIpc) is 2.65. The summed E-state index contributed by atoms with van der Waals surface area (Å²) in [4.78, 5) is 23.9. The number of amides is 2. The Hall–Kier alpha value is -3.28. The van der Waals surface area contributed by atoms with E-state index < -0.39 is 0 Å². The summed E-state index contributed by atoms with van der Waals surface area (Å²) >= 11 is 0. The Kier molecular flexibility index (Phi) is 6.79. The van der Waals surface area contributed by atoms with Gasteiger partial charge < -0.3 is 20.1 Å². The maximum absolute atomic E-state index is 12.5. The van der Waals surface area contributed by atoms with Crippen LogP contribution < -0.4 is 20.1 Å². The highest BCUT2D eigenvalue weighted by Crippen LogP contribution is 2.27. The number of rotatable bonds is 7. The summed E-state index contributed by atoms with van der Waals surface area (Å²) in [5.41, 5.74) is 1.85. The van der Waals surface area contributed by atoms with Gasteiger partial charge in [0.1, 0.15) is 5.70 Å². The van der Waals surface area contributed by atoms with Crippen LogP contribution in [-0.2, 0) is 16.1 Å². The number of carbonyl (C=O) groups is 2. The summed E-state index contributed by atoms with van der Waals surface area (Å²) in [6.45, 7) is 1.64. The maximum Gasteiger partial charge on any atom is 0.268 e. The minimum atomic E-state index is -0.376. The Labute approximate surface area is 152 Å². The third-order valence-corrected chi connectivity index (χ3v) is 3.57. The smallest absolute Gasteiger partial charge is 0.268 e. The van der Waals surface area contributed by atoms with Crippen LogP contribution >= 0.6 is 0 Å². The molecule has 0 heterocycles. The molecule has 0 atom stereocenters. The lowest BCUT2D eigenvalue weighted by molar-refractivity contribution is -0.122. The van der Waals surface area contributed by atoms with Crippen molar-refractivity contribution in [3.8, 4) is 11.5 Å². The first kappa shape index (κ1) is 19.1. The summed E-state index contributed by atoms with van der Waals surface area (Å²) in [6, 6.07) is 14.7. The normalized spacial score (nSPS) is 10.8. The van der Waals surface area contributed by atoms with Crippen LogP contribution in [-0.4, -0.2) is 26.0 Å². The molecule has 0 saturated heterocycles. The van der Waals surface area contributed by atoms with Gasteiger partial charge in [-0.15, -0.1) is 0 Å². The van der Waals surface area contributed by atoms with Crippen LogP contribution in [0.5, 0.6) is 11.5 Å². The van der Waals surface area contributed by atoms with Gasteiger partial charge >= 0.3 is 0 Å². The second kappa shape index (κ2) is 9.27. The molecule has 6 heteroatoms. The number of ether oxygens (including phenoxy) is 2. The Balaban J connectivity index is 2.12. The topological polar surface area (TPSA) is 76.7 Å². The largest absolute Gasteiger partial charge is 0.493 e. The molecular formula is C20H22N2O4. The second-order valence-electron chi connectivity index (χ2n) is 5.52. The first-order valence-corrected chi connectivity index (χ1v) is 8.07. The van der Waals surface area contributed by atoms with Crippen LogP contribution in [0.3, 0.4) is 0 Å². The van der Waals surface area contributed by atoms with Gasteiger partial charge in [0.05, 0.1) is 14.2 Å². The first-order valence-electron chi connectivity index (χ1n) is 8.07. The van der Waals surface area contributed by atoms with Crippen molar-refractivity contribution in [1.29, 1.82) is 0 Å². The second-order valence-corrected chi connectivity index (χ2v) is 5.52. The molecule has 2 rings (SSSR count). The summed E-state index contributed by atoms with van der Waals surface area (Å²) in [6.07, 6.45) is 1.63. The molecule has 0 fully saturated rings. The maximum atomic E-state index is 12.5. The fourth-order valence-electron chi connectivity index (χ4n) is 2.33. The molecule has 0 aromatic heterocycles. The standard InChI is InChI=1S/C20H22N2O4/c1-14(23)22-17(11-15-7-5-4-6-8-15)20(24)21-13-16-9-10-18(25-2)19(12-16)26-3/h4-12H,13H2,1-3H3,(H,21,24)(H,22,23)/b17-11-. The van der Waals surface area contributed by atoms with Crippen LogP contribution in [0, 0.1) is 0 Å². The molecule has 6 nitrogen and oxygen atoms in total. The van der Waals surface area contributed by atoms with Gasteiger partial charge in [-0.25, -0.2) is 0 Å². The quantitative estimate of drug-likeness (QED) is 0.749. The third-order valence-electron chi connectivity index (χ3n) is 3.57. The van der Waals surface area contributed by atoms with Crippen molar-refractivity contribution in [2.45, 2.75) is 13.5 Å². The van der Waals surface area contributed by atoms with E-state index in [4.69, 9.17) is 9.47 Å². The molecule has 0 aliphatic heterocycles. The Morgan fingerprint density at radius 2 is 1.69 bits per heavy atom. The molecule has 136 valence electrons. The van der Waals surface area contributed by atoms with Crippen molar-refractivity contribution in [3.05, 3.63) is 65.4 Å². The van der Waals surface area contributed by atoms with E-state index in [2.05, 4.69) is 10.6 Å². The van der Waals surface area contributed by atoms with E-state index in [0.717, 1.165) is 11.1 Å². The van der Waals surface area contributed by atoms with Gasteiger partial charge in [-0.3, -0.25) is 9.59 Å². The van der Waals surface area contributed by atoms with Gasteiger partial charge in [-0.05, 0) is 29.3 Å². The fourth-order valence-corrected chi connectivity index (χ4v) is 2.33. The SMILES string of the molecule is COc1ccc(CNC(=O)/C(=C/c2ccccc2)NC(C)=O)cc1OC. The van der Waals surface area contributed by atoms with Crippen molar-refractivity contribution >= 4 is 17.9 Å². The Morgan fingerprint density at radius 3 is 2.31 bits per heavy atom. The van der Waals surface area contributed by atoms with Crippen molar-refractivity contribution in [3.63, 3.8) is 0 Å². The molecule has 2 amide bonds. The minimum absolute atomic E-state index is 0.184. The zero-order chi connectivity index (χ0) is 18.9. The van der Waals surface area contributed by atoms with Gasteiger partial charge in [0.2, 0.25) is 5.91 Å². The molecule has 0 saturated carbocycles. The summed E-state index contributed by atoms with van der Waals surface area (Å²) in [5, 5.41) is 5.37. The fraction of sp³-hybridized carbons (Fsp3) is 0.200. The van der Waals surface area contributed by atoms with Gasteiger partial charge in [-0.2, -0.15) is 0 Å². The Morgan fingerprint density at radius 1 is 1.00 bits per heavy atom. The van der Waals surface area contributed by atoms with Crippen molar-refractivity contribution < 1.29 is 19.1 Å². The number of hydrogen-bond acceptors (Lipinski definition) is 4. The predicted octanol–water partition coefficient (Wildman–Crippen LogP) is 2.50. The van der Waals surface area contributed by atoms with Crippen molar-refractivity contribution in [2.24, 2.45) is 0 Å². The third kappa shape index (κ3) is 5.37. The highest BCUT2D eigenvalue weighted by atomic mass is 16.5. The van der Waals surface area contributed by atoms with E-state index >= 15 is 0 Å². The zero-order valence-corrected chi connectivity index (χ0v) is 15.0. The number of carbonyl (C=O) groups excluding carboxylic acids is 2. The van der Waals surface area contributed by atoms with E-state index in [-0.39, 0.29) is 24.1 Å². The lowest BCUT2D eigenvalue weighted by Gasteiger charge is -2.12. The highest BCUT2D eigenvalue weighted by Gasteiger charge is 2.12. The molecule has 2 aromatic carbocycles. The van der Waals surface area contributed by atoms with Crippen LogP contribution in [0.4, 0.5) is 0 Å². The van der Waals surface area contributed by atoms with E-state index in [1.165, 1.54) is 6.92 Å². The van der Waals surface area contributed by atoms with E-state index in [1.807, 2.05) is 36.4 Å². The summed E-state index contributed by atoms with van der Waals surface area (Å²) in [5.74, 6) is 0.513. The number of methoxy groups -OCH3 is 2. The molecule has 0 bridgehead atoms. The lowest BCUT2D eigenvalue weighted by Crippen LogP contribution is -2.33. The predicted molar refractivity (Wildman–Crippen MR) is 99.6 cm³/mol. The molecule has 0 spiro atoms. The highest BCUT2D eigenvalue weighted by molar-refractivity contribution is 6.00. The zero-order valence-electron chi connectivity index (χ0n) is 15.0. The molecular weight excluding hydrogens is 332 g/mol. The van der Waals surface area contributed by atoms with E-state index in [9.17, 15) is 9.59 Å². The van der Waals surface area contributed by atoms with E-state index in [0.29, 0.717) is 11.5 Å². The molecule has 26 heavy (non-hydrogen) atoms. The molecule has 2 aromatic rings. The van der Waals surface area contributed by atoms with Crippen LogP contribution in [0.25, 0.3) is 6.08 Å². The minimum Gasteiger partial charge on any atom is -0.493 e. The molecule has 0 radical (unpaired) electrons. The number of nitrogens with one attached hydrogen (secondary N) is 2. The van der Waals surface area contributed by atoms with Gasteiger partial charge in [-0.1, -0.05) is 36.4 Å². The first-order chi connectivity index (χ1) is 12.5. The lowest BCUT2D eigenvalue weighted by atomic mass is 10.1. The van der Waals surface area contributed by atoms with Gasteiger partial charge in [0.25, 0.3) is 5.91 Å². The monoisotopic (exact) mass is 354 g/mol. The molecule has 2 N–H and O–H groups in total. The Bertz CT molecular complexity index is 801. The van der Waals surface area contributed by atoms with Crippen molar-refractivity contribution in [1.82, 2.24) is 10.6 Å². The van der Waals surface area contributed by atoms with Crippen LogP contribution in [0.1, 0.15) is 18.1 Å². The number of hydrogen-bond donors (Lipinski definition) is 2. The molecule has 0 unspecified atom stereocenters. The number of benzene rings is 2. The van der Waals surface area contributed by atoms with E-state index in [1.54, 1.807) is 32.4 Å². The molecule has 0 aliphatic rings. The summed E-state index contributed by atoms with van der Waals surface area (Å²) < 4.78 is 10.5. The van der Waals surface area contributed by atoms with Gasteiger partial charge in [0, 0.05) is 13.5 Å². The van der Waals surface area contributed by atoms with Crippen molar-refractivity contribution in [2.75, 3.05) is 14.2 Å². The van der Waals surface area contributed by atoms with Gasteiger partial charge in [0.15, 0.2) is 11.5 Å². The van der Waals surface area contributed by atoms with Crippen LogP contribution in [0.2, 0.25) is 0 Å². The molecule has 0 aliphatic carbocycles.